The van der Waals surface area contributed by atoms with Crippen LogP contribution >= 0.6 is 0 Å². The van der Waals surface area contributed by atoms with Crippen LogP contribution < -0.4 is 5.32 Å². The summed E-state index contributed by atoms with van der Waals surface area (Å²) in [5.74, 6) is 0.712. The van der Waals surface area contributed by atoms with Crippen LogP contribution in [-0.4, -0.2) is 37.3 Å². The maximum atomic E-state index is 9.25. The Bertz CT molecular complexity index is 879. The lowest BCUT2D eigenvalue weighted by Crippen LogP contribution is -2.14. The third kappa shape index (κ3) is 3.08. The molecule has 2 aromatic heterocycles. The van der Waals surface area contributed by atoms with Gasteiger partial charge in [-0.15, -0.1) is 0 Å². The fourth-order valence-corrected chi connectivity index (χ4v) is 3.21. The van der Waals surface area contributed by atoms with Crippen LogP contribution in [-0.2, 0) is 11.3 Å². The molecule has 1 aliphatic heterocycles. The van der Waals surface area contributed by atoms with Crippen LogP contribution in [0.4, 0.5) is 5.82 Å². The van der Waals surface area contributed by atoms with E-state index >= 15 is 0 Å². The Morgan fingerprint density at radius 2 is 2.12 bits per heavy atom. The van der Waals surface area contributed by atoms with Crippen molar-refractivity contribution in [2.75, 3.05) is 11.9 Å². The third-order valence-electron chi connectivity index (χ3n) is 4.67. The molecule has 3 heterocycles. The molecule has 0 saturated carbocycles. The molecule has 1 fully saturated rings. The van der Waals surface area contributed by atoms with Gasteiger partial charge in [0.25, 0.3) is 0 Å². The second-order valence-corrected chi connectivity index (χ2v) is 6.30. The van der Waals surface area contributed by atoms with Gasteiger partial charge < -0.3 is 15.2 Å². The second kappa shape index (κ2) is 6.78. The number of ether oxygens (including phenoxy) is 1. The Labute approximate surface area is 145 Å². The van der Waals surface area contributed by atoms with E-state index in [1.54, 1.807) is 12.7 Å². The van der Waals surface area contributed by atoms with Crippen LogP contribution in [0.25, 0.3) is 11.2 Å². The van der Waals surface area contributed by atoms with E-state index in [0.29, 0.717) is 12.4 Å². The highest BCUT2D eigenvalue weighted by Crippen LogP contribution is 2.31. The highest BCUT2D eigenvalue weighted by Gasteiger charge is 2.27. The van der Waals surface area contributed by atoms with Crippen molar-refractivity contribution >= 4 is 17.0 Å². The first-order valence-electron chi connectivity index (χ1n) is 8.48. The minimum atomic E-state index is -0.138. The predicted molar refractivity (Wildman–Crippen MR) is 94.1 cm³/mol. The number of rotatable bonds is 5. The molecule has 2 N–H and O–H groups in total. The SMILES string of the molecule is Cc1ccccc1CNc1ncnc2c1ncn2C1CCC(CO)O1. The highest BCUT2D eigenvalue weighted by molar-refractivity contribution is 5.82. The number of aryl methyl sites for hydroxylation is 1. The van der Waals surface area contributed by atoms with Gasteiger partial charge in [-0.3, -0.25) is 4.57 Å². The second-order valence-electron chi connectivity index (χ2n) is 6.30. The van der Waals surface area contributed by atoms with E-state index in [2.05, 4.69) is 39.3 Å². The number of aliphatic hydroxyl groups excluding tert-OH is 1. The van der Waals surface area contributed by atoms with Crippen molar-refractivity contribution in [2.45, 2.75) is 38.6 Å². The Hall–Kier alpha value is -2.51. The smallest absolute Gasteiger partial charge is 0.167 e. The van der Waals surface area contributed by atoms with E-state index in [1.807, 2.05) is 16.7 Å². The maximum absolute atomic E-state index is 9.25. The topological polar surface area (TPSA) is 85.1 Å². The summed E-state index contributed by atoms with van der Waals surface area (Å²) in [6, 6.07) is 8.25. The maximum Gasteiger partial charge on any atom is 0.167 e. The molecule has 25 heavy (non-hydrogen) atoms. The lowest BCUT2D eigenvalue weighted by Gasteiger charge is -2.14. The number of imidazole rings is 1. The summed E-state index contributed by atoms with van der Waals surface area (Å²) in [5, 5.41) is 12.6. The number of anilines is 1. The Morgan fingerprint density at radius 3 is 2.92 bits per heavy atom. The molecule has 4 rings (SSSR count). The average molecular weight is 339 g/mol. The van der Waals surface area contributed by atoms with Crippen molar-refractivity contribution in [1.82, 2.24) is 19.5 Å². The molecule has 0 radical (unpaired) electrons. The first kappa shape index (κ1) is 16.0. The minimum absolute atomic E-state index is 0.0430. The summed E-state index contributed by atoms with van der Waals surface area (Å²) in [7, 11) is 0. The van der Waals surface area contributed by atoms with Gasteiger partial charge in [-0.2, -0.15) is 0 Å². The van der Waals surface area contributed by atoms with Crippen LogP contribution in [0.1, 0.15) is 30.2 Å². The van der Waals surface area contributed by atoms with Crippen LogP contribution in [0.2, 0.25) is 0 Å². The van der Waals surface area contributed by atoms with Crippen LogP contribution in [0.3, 0.4) is 0 Å². The molecule has 1 saturated heterocycles. The quantitative estimate of drug-likeness (QED) is 0.742. The molecular weight excluding hydrogens is 318 g/mol. The Kier molecular flexibility index (Phi) is 4.33. The number of aliphatic hydroxyl groups is 1. The molecule has 2 atom stereocenters. The first-order chi connectivity index (χ1) is 12.3. The number of fused-ring (bicyclic) bond motifs is 1. The molecule has 7 nitrogen and oxygen atoms in total. The monoisotopic (exact) mass is 339 g/mol. The fraction of sp³-hybridized carbons (Fsp3) is 0.389. The number of nitrogens with one attached hydrogen (secondary N) is 1. The van der Waals surface area contributed by atoms with E-state index in [-0.39, 0.29) is 18.9 Å². The summed E-state index contributed by atoms with van der Waals surface area (Å²) < 4.78 is 7.76. The van der Waals surface area contributed by atoms with Gasteiger partial charge in [0.2, 0.25) is 0 Å². The normalized spacial score (nSPS) is 20.2. The fourth-order valence-electron chi connectivity index (χ4n) is 3.21. The van der Waals surface area contributed by atoms with E-state index < -0.39 is 0 Å². The molecule has 1 aliphatic rings. The van der Waals surface area contributed by atoms with Crippen molar-refractivity contribution < 1.29 is 9.84 Å². The van der Waals surface area contributed by atoms with Gasteiger partial charge >= 0.3 is 0 Å². The zero-order chi connectivity index (χ0) is 17.2. The van der Waals surface area contributed by atoms with Crippen molar-refractivity contribution in [3.63, 3.8) is 0 Å². The number of hydrogen-bond acceptors (Lipinski definition) is 6. The van der Waals surface area contributed by atoms with E-state index in [4.69, 9.17) is 4.74 Å². The van der Waals surface area contributed by atoms with Gasteiger partial charge in [0.1, 0.15) is 12.6 Å². The van der Waals surface area contributed by atoms with E-state index in [1.165, 1.54) is 11.1 Å². The number of aromatic nitrogens is 4. The number of nitrogens with zero attached hydrogens (tertiary/aromatic N) is 4. The summed E-state index contributed by atoms with van der Waals surface area (Å²) in [6.45, 7) is 2.82. The minimum Gasteiger partial charge on any atom is -0.394 e. The van der Waals surface area contributed by atoms with Crippen molar-refractivity contribution in [1.29, 1.82) is 0 Å². The number of hydrogen-bond donors (Lipinski definition) is 2. The Morgan fingerprint density at radius 1 is 1.24 bits per heavy atom. The zero-order valence-corrected chi connectivity index (χ0v) is 14.1. The molecule has 130 valence electrons. The van der Waals surface area contributed by atoms with Crippen molar-refractivity contribution in [2.24, 2.45) is 0 Å². The van der Waals surface area contributed by atoms with Crippen LogP contribution in [0, 0.1) is 6.92 Å². The van der Waals surface area contributed by atoms with Crippen molar-refractivity contribution in [3.05, 3.63) is 48.0 Å². The average Bonchev–Trinajstić information content (AvgIpc) is 3.27. The lowest BCUT2D eigenvalue weighted by molar-refractivity contribution is -0.0207. The van der Waals surface area contributed by atoms with Gasteiger partial charge in [0.15, 0.2) is 17.0 Å². The molecule has 3 aromatic rings. The largest absolute Gasteiger partial charge is 0.394 e. The molecule has 0 aliphatic carbocycles. The lowest BCUT2D eigenvalue weighted by atomic mass is 10.1. The molecular formula is C18H21N5O2. The van der Waals surface area contributed by atoms with Crippen molar-refractivity contribution in [3.8, 4) is 0 Å². The van der Waals surface area contributed by atoms with Gasteiger partial charge in [-0.1, -0.05) is 24.3 Å². The zero-order valence-electron chi connectivity index (χ0n) is 14.1. The molecule has 0 bridgehead atoms. The third-order valence-corrected chi connectivity index (χ3v) is 4.67. The summed E-state index contributed by atoms with van der Waals surface area (Å²) in [4.78, 5) is 13.2. The van der Waals surface area contributed by atoms with Gasteiger partial charge in [-0.05, 0) is 30.9 Å². The summed E-state index contributed by atoms with van der Waals surface area (Å²) in [5.41, 5.74) is 3.93. The molecule has 7 heteroatoms. The first-order valence-corrected chi connectivity index (χ1v) is 8.48. The molecule has 0 amide bonds. The van der Waals surface area contributed by atoms with E-state index in [0.717, 1.165) is 24.0 Å². The number of benzene rings is 1. The summed E-state index contributed by atoms with van der Waals surface area (Å²) in [6.07, 6.45) is 4.71. The van der Waals surface area contributed by atoms with Gasteiger partial charge in [0.05, 0.1) is 19.0 Å². The highest BCUT2D eigenvalue weighted by atomic mass is 16.5. The van der Waals surface area contributed by atoms with Crippen LogP contribution in [0.15, 0.2) is 36.9 Å². The predicted octanol–water partition coefficient (Wildman–Crippen LogP) is 2.42. The molecule has 0 spiro atoms. The molecule has 2 unspecified atom stereocenters. The molecule has 1 aromatic carbocycles. The van der Waals surface area contributed by atoms with E-state index in [9.17, 15) is 5.11 Å². The van der Waals surface area contributed by atoms with Gasteiger partial charge in [0, 0.05) is 6.54 Å². The van der Waals surface area contributed by atoms with Gasteiger partial charge in [-0.25, -0.2) is 15.0 Å². The summed E-state index contributed by atoms with van der Waals surface area (Å²) >= 11 is 0. The van der Waals surface area contributed by atoms with Crippen LogP contribution in [0.5, 0.6) is 0 Å². The standard InChI is InChI=1S/C18H21N5O2/c1-12-4-2-3-5-13(12)8-19-17-16-18(21-10-20-17)23(11-22-16)15-7-6-14(9-24)25-15/h2-5,10-11,14-15,24H,6-9H2,1H3,(H,19,20,21). The Balaban J connectivity index is 1.58.